The highest BCUT2D eigenvalue weighted by Gasteiger charge is 2.33. The first-order valence-electron chi connectivity index (χ1n) is 7.46. The molecule has 5 nitrogen and oxygen atoms in total. The average molecular weight is 287 g/mol. The van der Waals surface area contributed by atoms with Gasteiger partial charge in [-0.25, -0.2) is 0 Å². The van der Waals surface area contributed by atoms with E-state index < -0.39 is 0 Å². The Bertz CT molecular complexity index is 650. The van der Waals surface area contributed by atoms with E-state index in [0.717, 1.165) is 23.1 Å². The minimum Gasteiger partial charge on any atom is -0.379 e. The predicted octanol–water partition coefficient (Wildman–Crippen LogP) is 1.40. The Hall–Kier alpha value is -1.72. The Morgan fingerprint density at radius 1 is 1.43 bits per heavy atom. The quantitative estimate of drug-likeness (QED) is 0.903. The molecule has 2 aromatic rings. The van der Waals surface area contributed by atoms with Crippen molar-refractivity contribution in [1.82, 2.24) is 15.1 Å². The SMILES string of the molecule is CCn1nc(CC(=O)C2COCC2NC)c2ccccc21. The van der Waals surface area contributed by atoms with Crippen molar-refractivity contribution in [2.75, 3.05) is 20.3 Å². The summed E-state index contributed by atoms with van der Waals surface area (Å²) >= 11 is 0. The number of rotatable bonds is 5. The fraction of sp³-hybridized carbons (Fsp3) is 0.500. The normalized spacial score (nSPS) is 22.0. The summed E-state index contributed by atoms with van der Waals surface area (Å²) in [7, 11) is 1.88. The molecule has 0 saturated carbocycles. The molecule has 3 rings (SSSR count). The van der Waals surface area contributed by atoms with Crippen LogP contribution in [0.2, 0.25) is 0 Å². The van der Waals surface area contributed by atoms with Gasteiger partial charge in [-0.1, -0.05) is 18.2 Å². The molecular weight excluding hydrogens is 266 g/mol. The summed E-state index contributed by atoms with van der Waals surface area (Å²) in [5, 5.41) is 8.84. The van der Waals surface area contributed by atoms with Crippen LogP contribution in [0.25, 0.3) is 10.9 Å². The van der Waals surface area contributed by atoms with E-state index in [9.17, 15) is 4.79 Å². The number of fused-ring (bicyclic) bond motifs is 1. The van der Waals surface area contributed by atoms with Gasteiger partial charge in [-0.15, -0.1) is 0 Å². The van der Waals surface area contributed by atoms with Crippen molar-refractivity contribution in [1.29, 1.82) is 0 Å². The van der Waals surface area contributed by atoms with Crippen LogP contribution in [-0.2, 0) is 22.5 Å². The number of benzene rings is 1. The summed E-state index contributed by atoms with van der Waals surface area (Å²) in [6.07, 6.45) is 0.375. The molecular formula is C16H21N3O2. The largest absolute Gasteiger partial charge is 0.379 e. The number of aryl methyl sites for hydroxylation is 1. The van der Waals surface area contributed by atoms with Crippen LogP contribution in [0.15, 0.2) is 24.3 Å². The first kappa shape index (κ1) is 14.2. The van der Waals surface area contributed by atoms with E-state index in [1.807, 2.05) is 29.9 Å². The number of likely N-dealkylation sites (N-methyl/N-ethyl adjacent to an activating group) is 1. The summed E-state index contributed by atoms with van der Waals surface area (Å²) in [6, 6.07) is 8.21. The Labute approximate surface area is 124 Å². The number of ketones is 1. The number of Topliss-reactive ketones (excluding diaryl/α,β-unsaturated/α-hetero) is 1. The maximum Gasteiger partial charge on any atom is 0.145 e. The molecule has 0 amide bonds. The maximum absolute atomic E-state index is 12.6. The summed E-state index contributed by atoms with van der Waals surface area (Å²) in [4.78, 5) is 12.6. The van der Waals surface area contributed by atoms with Crippen molar-refractivity contribution in [2.24, 2.45) is 5.92 Å². The number of ether oxygens (including phenoxy) is 1. The number of carbonyl (C=O) groups is 1. The third kappa shape index (κ3) is 2.59. The zero-order valence-corrected chi connectivity index (χ0v) is 12.5. The first-order chi connectivity index (χ1) is 10.2. The summed E-state index contributed by atoms with van der Waals surface area (Å²) in [5.74, 6) is 0.138. The highest BCUT2D eigenvalue weighted by molar-refractivity contribution is 5.90. The Morgan fingerprint density at radius 3 is 3.00 bits per heavy atom. The molecule has 5 heteroatoms. The third-order valence-corrected chi connectivity index (χ3v) is 4.24. The molecule has 0 aliphatic carbocycles. The van der Waals surface area contributed by atoms with Gasteiger partial charge in [-0.05, 0) is 20.0 Å². The molecule has 21 heavy (non-hydrogen) atoms. The molecule has 1 aromatic carbocycles. The van der Waals surface area contributed by atoms with Crippen molar-refractivity contribution in [3.05, 3.63) is 30.0 Å². The van der Waals surface area contributed by atoms with Crippen molar-refractivity contribution < 1.29 is 9.53 Å². The minimum absolute atomic E-state index is 0.0689. The molecule has 1 aliphatic rings. The Kier molecular flexibility index (Phi) is 4.03. The van der Waals surface area contributed by atoms with E-state index in [4.69, 9.17) is 4.74 Å². The topological polar surface area (TPSA) is 56.2 Å². The highest BCUT2D eigenvalue weighted by Crippen LogP contribution is 2.22. The molecule has 1 N–H and O–H groups in total. The lowest BCUT2D eigenvalue weighted by Crippen LogP contribution is -2.37. The zero-order valence-electron chi connectivity index (χ0n) is 12.5. The third-order valence-electron chi connectivity index (χ3n) is 4.24. The van der Waals surface area contributed by atoms with Crippen molar-refractivity contribution in [2.45, 2.75) is 25.9 Å². The van der Waals surface area contributed by atoms with Crippen LogP contribution < -0.4 is 5.32 Å². The first-order valence-corrected chi connectivity index (χ1v) is 7.46. The van der Waals surface area contributed by atoms with Gasteiger partial charge in [-0.3, -0.25) is 9.48 Å². The van der Waals surface area contributed by atoms with Crippen LogP contribution in [0, 0.1) is 5.92 Å². The number of hydrogen-bond acceptors (Lipinski definition) is 4. The summed E-state index contributed by atoms with van der Waals surface area (Å²) in [5.41, 5.74) is 1.97. The zero-order chi connectivity index (χ0) is 14.8. The summed E-state index contributed by atoms with van der Waals surface area (Å²) in [6.45, 7) is 3.99. The van der Waals surface area contributed by atoms with Crippen LogP contribution in [0.4, 0.5) is 0 Å². The molecule has 1 aromatic heterocycles. The Morgan fingerprint density at radius 2 is 2.24 bits per heavy atom. The molecule has 1 aliphatic heterocycles. The second kappa shape index (κ2) is 5.95. The summed E-state index contributed by atoms with van der Waals surface area (Å²) < 4.78 is 7.38. The lowest BCUT2D eigenvalue weighted by atomic mass is 9.95. The molecule has 1 saturated heterocycles. The molecule has 1 fully saturated rings. The van der Waals surface area contributed by atoms with Crippen LogP contribution in [0.3, 0.4) is 0 Å². The number of carbonyl (C=O) groups excluding carboxylic acids is 1. The van der Waals surface area contributed by atoms with Crippen LogP contribution in [0.1, 0.15) is 12.6 Å². The van der Waals surface area contributed by atoms with Gasteiger partial charge in [0.05, 0.1) is 36.8 Å². The van der Waals surface area contributed by atoms with Gasteiger partial charge >= 0.3 is 0 Å². The lowest BCUT2D eigenvalue weighted by Gasteiger charge is -2.14. The van der Waals surface area contributed by atoms with Gasteiger partial charge in [0.2, 0.25) is 0 Å². The molecule has 0 spiro atoms. The number of aromatic nitrogens is 2. The molecule has 2 heterocycles. The fourth-order valence-corrected chi connectivity index (χ4v) is 3.02. The lowest BCUT2D eigenvalue weighted by molar-refractivity contribution is -0.122. The van der Waals surface area contributed by atoms with Gasteiger partial charge in [0.25, 0.3) is 0 Å². The van der Waals surface area contributed by atoms with E-state index in [2.05, 4.69) is 23.4 Å². The van der Waals surface area contributed by atoms with Crippen LogP contribution in [-0.4, -0.2) is 41.9 Å². The number of hydrogen-bond donors (Lipinski definition) is 1. The van der Waals surface area contributed by atoms with Crippen LogP contribution in [0.5, 0.6) is 0 Å². The van der Waals surface area contributed by atoms with Gasteiger partial charge < -0.3 is 10.1 Å². The monoisotopic (exact) mass is 287 g/mol. The van der Waals surface area contributed by atoms with E-state index in [1.165, 1.54) is 0 Å². The van der Waals surface area contributed by atoms with E-state index in [1.54, 1.807) is 0 Å². The van der Waals surface area contributed by atoms with Gasteiger partial charge in [0, 0.05) is 18.0 Å². The second-order valence-electron chi connectivity index (χ2n) is 5.46. The number of nitrogens with one attached hydrogen (secondary N) is 1. The molecule has 2 unspecified atom stereocenters. The average Bonchev–Trinajstić information content (AvgIpc) is 3.12. The predicted molar refractivity (Wildman–Crippen MR) is 81.3 cm³/mol. The number of para-hydroxylation sites is 1. The van der Waals surface area contributed by atoms with Gasteiger partial charge in [-0.2, -0.15) is 5.10 Å². The Balaban J connectivity index is 1.86. The highest BCUT2D eigenvalue weighted by atomic mass is 16.5. The maximum atomic E-state index is 12.6. The second-order valence-corrected chi connectivity index (χ2v) is 5.46. The van der Waals surface area contributed by atoms with Crippen molar-refractivity contribution >= 4 is 16.7 Å². The molecule has 0 bridgehead atoms. The van der Waals surface area contributed by atoms with Gasteiger partial charge in [0.1, 0.15) is 5.78 Å². The minimum atomic E-state index is -0.0689. The van der Waals surface area contributed by atoms with Crippen molar-refractivity contribution in [3.63, 3.8) is 0 Å². The fourth-order valence-electron chi connectivity index (χ4n) is 3.02. The van der Waals surface area contributed by atoms with E-state index >= 15 is 0 Å². The standard InChI is InChI=1S/C16H21N3O2/c1-3-19-15-7-5-4-6-11(15)13(18-19)8-16(20)12-9-21-10-14(12)17-2/h4-7,12,14,17H,3,8-10H2,1-2H3. The number of nitrogens with zero attached hydrogens (tertiary/aromatic N) is 2. The van der Waals surface area contributed by atoms with Gasteiger partial charge in [0.15, 0.2) is 0 Å². The van der Waals surface area contributed by atoms with Crippen LogP contribution >= 0.6 is 0 Å². The van der Waals surface area contributed by atoms with E-state index in [0.29, 0.717) is 19.6 Å². The molecule has 112 valence electrons. The molecule has 2 atom stereocenters. The van der Waals surface area contributed by atoms with Crippen molar-refractivity contribution in [3.8, 4) is 0 Å². The molecule has 0 radical (unpaired) electrons. The smallest absolute Gasteiger partial charge is 0.145 e. The van der Waals surface area contributed by atoms with E-state index in [-0.39, 0.29) is 17.7 Å².